The van der Waals surface area contributed by atoms with E-state index in [1.807, 2.05) is 20.8 Å². The van der Waals surface area contributed by atoms with Crippen LogP contribution in [0.3, 0.4) is 0 Å². The summed E-state index contributed by atoms with van der Waals surface area (Å²) in [6, 6.07) is 7.34. The van der Waals surface area contributed by atoms with Crippen molar-refractivity contribution in [2.24, 2.45) is 0 Å². The van der Waals surface area contributed by atoms with Gasteiger partial charge in [0.25, 0.3) is 5.91 Å². The van der Waals surface area contributed by atoms with E-state index in [9.17, 15) is 22.8 Å². The Labute approximate surface area is 234 Å². The van der Waals surface area contributed by atoms with E-state index in [1.54, 1.807) is 12.1 Å². The van der Waals surface area contributed by atoms with Gasteiger partial charge in [0, 0.05) is 31.4 Å². The first-order chi connectivity index (χ1) is 18.2. The fourth-order valence-electron chi connectivity index (χ4n) is 3.74. The Kier molecular flexibility index (Phi) is 10.2. The number of carbonyl (C=O) groups excluding carboxylic acids is 2. The number of nitrogens with zero attached hydrogens (tertiary/aromatic N) is 1. The molecule has 1 heterocycles. The SMILES string of the molecule is CC(C)(C)OC(=O)NC1CCN(CCOc2ccc(NC(=O)COc3ccc(C(F)(F)F)cc3Cl)cc2Cl)C1. The summed E-state index contributed by atoms with van der Waals surface area (Å²) in [5, 5.41) is 5.49. The summed E-state index contributed by atoms with van der Waals surface area (Å²) in [6.07, 6.45) is -4.16. The highest BCUT2D eigenvalue weighted by Crippen LogP contribution is 2.34. The lowest BCUT2D eigenvalue weighted by Gasteiger charge is -2.22. The number of amides is 2. The number of likely N-dealkylation sites (tertiary alicyclic amines) is 1. The maximum atomic E-state index is 12.7. The highest BCUT2D eigenvalue weighted by molar-refractivity contribution is 6.32. The minimum Gasteiger partial charge on any atom is -0.491 e. The van der Waals surface area contributed by atoms with E-state index in [1.165, 1.54) is 6.07 Å². The third-order valence-electron chi connectivity index (χ3n) is 5.49. The van der Waals surface area contributed by atoms with Crippen LogP contribution in [0.4, 0.5) is 23.7 Å². The second kappa shape index (κ2) is 13.0. The van der Waals surface area contributed by atoms with Crippen molar-refractivity contribution in [1.29, 1.82) is 0 Å². The minimum atomic E-state index is -4.54. The van der Waals surface area contributed by atoms with Crippen molar-refractivity contribution in [1.82, 2.24) is 10.2 Å². The molecule has 0 aromatic heterocycles. The van der Waals surface area contributed by atoms with Crippen LogP contribution in [0, 0.1) is 0 Å². The first kappa shape index (κ1) is 30.6. The summed E-state index contributed by atoms with van der Waals surface area (Å²) in [5.41, 5.74) is -1.08. The number of rotatable bonds is 9. The molecule has 0 aliphatic carbocycles. The summed E-state index contributed by atoms with van der Waals surface area (Å²) in [5.74, 6) is -0.170. The molecule has 8 nitrogen and oxygen atoms in total. The van der Waals surface area contributed by atoms with Crippen LogP contribution in [0.5, 0.6) is 11.5 Å². The van der Waals surface area contributed by atoms with E-state index in [-0.39, 0.29) is 21.8 Å². The molecule has 1 fully saturated rings. The first-order valence-corrected chi connectivity index (χ1v) is 12.9. The largest absolute Gasteiger partial charge is 0.491 e. The van der Waals surface area contributed by atoms with Crippen LogP contribution in [0.2, 0.25) is 10.0 Å². The Bertz CT molecular complexity index is 1170. The lowest BCUT2D eigenvalue weighted by Crippen LogP contribution is -2.40. The molecular weight excluding hydrogens is 562 g/mol. The summed E-state index contributed by atoms with van der Waals surface area (Å²) >= 11 is 12.1. The number of benzene rings is 2. The monoisotopic (exact) mass is 591 g/mol. The summed E-state index contributed by atoms with van der Waals surface area (Å²) in [4.78, 5) is 26.3. The van der Waals surface area contributed by atoms with Gasteiger partial charge in [0.1, 0.15) is 23.7 Å². The molecule has 1 aliphatic rings. The number of alkyl carbamates (subject to hydrolysis) is 1. The standard InChI is InChI=1S/C26H30Cl2F3N3O5/c1-25(2,3)39-24(36)33-18-8-9-34(14-18)10-11-37-21-7-5-17(13-20(21)28)32-23(35)15-38-22-6-4-16(12-19(22)27)26(29,30)31/h4-7,12-13,18H,8-11,14-15H2,1-3H3,(H,32,35)(H,33,36). The quantitative estimate of drug-likeness (QED) is 0.371. The van der Waals surface area contributed by atoms with E-state index in [4.69, 9.17) is 37.4 Å². The molecule has 0 bridgehead atoms. The fourth-order valence-corrected chi connectivity index (χ4v) is 4.21. The summed E-state index contributed by atoms with van der Waals surface area (Å²) in [6.45, 7) is 7.46. The highest BCUT2D eigenvalue weighted by atomic mass is 35.5. The van der Waals surface area contributed by atoms with Gasteiger partial charge >= 0.3 is 12.3 Å². The van der Waals surface area contributed by atoms with Crippen LogP contribution >= 0.6 is 23.2 Å². The maximum Gasteiger partial charge on any atom is 0.416 e. The van der Waals surface area contributed by atoms with Gasteiger partial charge in [-0.25, -0.2) is 4.79 Å². The number of alkyl halides is 3. The van der Waals surface area contributed by atoms with Crippen molar-refractivity contribution in [2.45, 2.75) is 45.0 Å². The van der Waals surface area contributed by atoms with Gasteiger partial charge in [-0.05, 0) is 63.6 Å². The lowest BCUT2D eigenvalue weighted by atomic mass is 10.2. The Morgan fingerprint density at radius 2 is 1.69 bits per heavy atom. The zero-order valence-corrected chi connectivity index (χ0v) is 23.2. The maximum absolute atomic E-state index is 12.7. The molecule has 39 heavy (non-hydrogen) atoms. The second-order valence-corrected chi connectivity index (χ2v) is 10.7. The third-order valence-corrected chi connectivity index (χ3v) is 6.08. The van der Waals surface area contributed by atoms with Crippen LogP contribution < -0.4 is 20.1 Å². The van der Waals surface area contributed by atoms with Crippen LogP contribution in [0.1, 0.15) is 32.8 Å². The average Bonchev–Trinajstić information content (AvgIpc) is 3.24. The minimum absolute atomic E-state index is 0.00518. The Morgan fingerprint density at radius 3 is 2.33 bits per heavy atom. The van der Waals surface area contributed by atoms with Crippen molar-refractivity contribution in [3.63, 3.8) is 0 Å². The van der Waals surface area contributed by atoms with Gasteiger partial charge in [-0.3, -0.25) is 9.69 Å². The molecule has 1 atom stereocenters. The molecule has 0 radical (unpaired) electrons. The fraction of sp³-hybridized carbons (Fsp3) is 0.462. The molecule has 2 N–H and O–H groups in total. The molecule has 0 saturated carbocycles. The third kappa shape index (κ3) is 9.98. The molecule has 1 unspecified atom stereocenters. The van der Waals surface area contributed by atoms with Gasteiger partial charge in [0.15, 0.2) is 6.61 Å². The molecule has 2 aromatic rings. The predicted molar refractivity (Wildman–Crippen MR) is 142 cm³/mol. The molecule has 3 rings (SSSR count). The molecule has 2 amide bonds. The van der Waals surface area contributed by atoms with E-state index >= 15 is 0 Å². The highest BCUT2D eigenvalue weighted by Gasteiger charge is 2.31. The number of anilines is 1. The van der Waals surface area contributed by atoms with E-state index < -0.39 is 35.9 Å². The molecule has 1 saturated heterocycles. The Balaban J connectivity index is 1.40. The zero-order valence-electron chi connectivity index (χ0n) is 21.7. The van der Waals surface area contributed by atoms with E-state index in [0.717, 1.165) is 31.2 Å². The number of hydrogen-bond donors (Lipinski definition) is 2. The smallest absolute Gasteiger partial charge is 0.416 e. The zero-order chi connectivity index (χ0) is 28.8. The summed E-state index contributed by atoms with van der Waals surface area (Å²) in [7, 11) is 0. The van der Waals surface area contributed by atoms with E-state index in [2.05, 4.69) is 15.5 Å². The molecule has 13 heteroatoms. The average molecular weight is 592 g/mol. The van der Waals surface area contributed by atoms with Gasteiger partial charge in [-0.2, -0.15) is 13.2 Å². The molecule has 0 spiro atoms. The van der Waals surface area contributed by atoms with Gasteiger partial charge in [-0.1, -0.05) is 23.2 Å². The van der Waals surface area contributed by atoms with Crippen molar-refractivity contribution >= 4 is 40.9 Å². The van der Waals surface area contributed by atoms with Gasteiger partial charge in [-0.15, -0.1) is 0 Å². The Hall–Kier alpha value is -2.89. The van der Waals surface area contributed by atoms with Crippen LogP contribution in [0.25, 0.3) is 0 Å². The molecule has 2 aromatic carbocycles. The Morgan fingerprint density at radius 1 is 1.03 bits per heavy atom. The van der Waals surface area contributed by atoms with Crippen LogP contribution in [0.15, 0.2) is 36.4 Å². The van der Waals surface area contributed by atoms with Crippen LogP contribution in [-0.4, -0.2) is 61.4 Å². The van der Waals surface area contributed by atoms with Crippen molar-refractivity contribution < 1.29 is 37.0 Å². The molecule has 1 aliphatic heterocycles. The van der Waals surface area contributed by atoms with Gasteiger partial charge in [0.05, 0.1) is 15.6 Å². The number of nitrogens with one attached hydrogen (secondary N) is 2. The normalized spacial score (nSPS) is 16.1. The van der Waals surface area contributed by atoms with Crippen molar-refractivity contribution in [3.8, 4) is 11.5 Å². The van der Waals surface area contributed by atoms with Crippen LogP contribution in [-0.2, 0) is 15.7 Å². The molecular formula is C26H30Cl2F3N3O5. The number of ether oxygens (including phenoxy) is 3. The van der Waals surface area contributed by atoms with Gasteiger partial charge in [0.2, 0.25) is 0 Å². The predicted octanol–water partition coefficient (Wildman–Crippen LogP) is 6.01. The number of hydrogen-bond acceptors (Lipinski definition) is 6. The van der Waals surface area contributed by atoms with Gasteiger partial charge < -0.3 is 24.8 Å². The first-order valence-electron chi connectivity index (χ1n) is 12.1. The van der Waals surface area contributed by atoms with Crippen molar-refractivity contribution in [2.75, 3.05) is 38.2 Å². The number of carbonyl (C=O) groups is 2. The summed E-state index contributed by atoms with van der Waals surface area (Å²) < 4.78 is 54.6. The topological polar surface area (TPSA) is 89.1 Å². The van der Waals surface area contributed by atoms with Crippen molar-refractivity contribution in [3.05, 3.63) is 52.0 Å². The second-order valence-electron chi connectivity index (χ2n) is 9.91. The number of halogens is 5. The lowest BCUT2D eigenvalue weighted by molar-refractivity contribution is -0.137. The molecule has 214 valence electrons. The van der Waals surface area contributed by atoms with E-state index in [0.29, 0.717) is 31.1 Å².